The van der Waals surface area contributed by atoms with Gasteiger partial charge in [0, 0.05) is 19.2 Å². The van der Waals surface area contributed by atoms with E-state index in [0.717, 1.165) is 49.1 Å². The van der Waals surface area contributed by atoms with Crippen LogP contribution in [0, 0.1) is 5.92 Å². The predicted molar refractivity (Wildman–Crippen MR) is 99.9 cm³/mol. The monoisotopic (exact) mass is 343 g/mol. The van der Waals surface area contributed by atoms with Crippen molar-refractivity contribution in [2.75, 3.05) is 43.3 Å². The molecule has 1 aromatic carbocycles. The van der Waals surface area contributed by atoms with E-state index in [1.807, 2.05) is 18.2 Å². The van der Waals surface area contributed by atoms with Gasteiger partial charge in [-0.15, -0.1) is 0 Å². The van der Waals surface area contributed by atoms with Crippen molar-refractivity contribution in [3.63, 3.8) is 0 Å². The third-order valence-electron chi connectivity index (χ3n) is 4.61. The van der Waals surface area contributed by atoms with E-state index < -0.39 is 0 Å². The second kappa shape index (κ2) is 7.46. The van der Waals surface area contributed by atoms with Crippen molar-refractivity contribution in [2.45, 2.75) is 19.8 Å². The maximum atomic E-state index is 6.35. The fourth-order valence-corrected chi connectivity index (χ4v) is 2.99. The second-order valence-electron chi connectivity index (χ2n) is 6.32. The van der Waals surface area contributed by atoms with Crippen LogP contribution >= 0.6 is 0 Å². The topological polar surface area (TPSA) is 85.5 Å². The summed E-state index contributed by atoms with van der Waals surface area (Å²) in [5.41, 5.74) is 7.67. The quantitative estimate of drug-likeness (QED) is 0.863. The molecule has 0 atom stereocenters. The van der Waals surface area contributed by atoms with Crippen LogP contribution in [-0.2, 0) is 0 Å². The van der Waals surface area contributed by atoms with Gasteiger partial charge in [0.25, 0.3) is 0 Å². The number of piperidine rings is 1. The van der Waals surface area contributed by atoms with Gasteiger partial charge in [-0.2, -0.15) is 0 Å². The first-order chi connectivity index (χ1) is 12.1. The molecule has 0 saturated carbocycles. The SMILES string of the molecule is COc1ccc(Nc2ncnc(N3CCC(C)CC3)c2N)c(OC)c1. The first-order valence-electron chi connectivity index (χ1n) is 8.46. The van der Waals surface area contributed by atoms with Crippen LogP contribution < -0.4 is 25.4 Å². The van der Waals surface area contributed by atoms with Gasteiger partial charge in [-0.3, -0.25) is 0 Å². The molecule has 0 unspecified atom stereocenters. The van der Waals surface area contributed by atoms with Gasteiger partial charge < -0.3 is 25.4 Å². The minimum atomic E-state index is 0.551. The molecule has 2 heterocycles. The Bertz CT molecular complexity index is 729. The minimum Gasteiger partial charge on any atom is -0.497 e. The van der Waals surface area contributed by atoms with E-state index in [0.29, 0.717) is 17.3 Å². The van der Waals surface area contributed by atoms with Crippen molar-refractivity contribution in [3.05, 3.63) is 24.5 Å². The number of benzene rings is 1. The average Bonchev–Trinajstić information content (AvgIpc) is 2.64. The minimum absolute atomic E-state index is 0.551. The van der Waals surface area contributed by atoms with Crippen LogP contribution in [-0.4, -0.2) is 37.3 Å². The van der Waals surface area contributed by atoms with Crippen LogP contribution in [0.1, 0.15) is 19.8 Å². The number of nitrogen functional groups attached to an aromatic ring is 1. The zero-order chi connectivity index (χ0) is 17.8. The molecule has 1 fully saturated rings. The van der Waals surface area contributed by atoms with Crippen molar-refractivity contribution in [1.29, 1.82) is 0 Å². The number of nitrogens with zero attached hydrogens (tertiary/aromatic N) is 3. The molecule has 2 aromatic rings. The normalized spacial score (nSPS) is 15.1. The summed E-state index contributed by atoms with van der Waals surface area (Å²) in [6, 6.07) is 5.54. The Morgan fingerprint density at radius 2 is 1.92 bits per heavy atom. The smallest absolute Gasteiger partial charge is 0.159 e. The van der Waals surface area contributed by atoms with E-state index in [9.17, 15) is 0 Å². The molecule has 7 heteroatoms. The number of nitrogens with one attached hydrogen (secondary N) is 1. The molecule has 1 saturated heterocycles. The Morgan fingerprint density at radius 3 is 2.60 bits per heavy atom. The third-order valence-corrected chi connectivity index (χ3v) is 4.61. The number of hydrogen-bond donors (Lipinski definition) is 2. The Morgan fingerprint density at radius 1 is 1.16 bits per heavy atom. The molecule has 0 radical (unpaired) electrons. The van der Waals surface area contributed by atoms with E-state index in [-0.39, 0.29) is 0 Å². The Hall–Kier alpha value is -2.70. The van der Waals surface area contributed by atoms with Gasteiger partial charge in [-0.1, -0.05) is 6.92 Å². The van der Waals surface area contributed by atoms with Gasteiger partial charge in [0.15, 0.2) is 11.6 Å². The highest BCUT2D eigenvalue weighted by Crippen LogP contribution is 2.35. The van der Waals surface area contributed by atoms with Crippen LogP contribution in [0.5, 0.6) is 11.5 Å². The molecule has 134 valence electrons. The molecule has 25 heavy (non-hydrogen) atoms. The zero-order valence-corrected chi connectivity index (χ0v) is 15.0. The third kappa shape index (κ3) is 3.70. The van der Waals surface area contributed by atoms with E-state index >= 15 is 0 Å². The molecular formula is C18H25N5O2. The van der Waals surface area contributed by atoms with Crippen LogP contribution in [0.4, 0.5) is 23.0 Å². The van der Waals surface area contributed by atoms with Crippen LogP contribution in [0.25, 0.3) is 0 Å². The Kier molecular flexibility index (Phi) is 5.11. The molecule has 1 aromatic heterocycles. The number of anilines is 4. The Balaban J connectivity index is 1.85. The molecule has 1 aliphatic heterocycles. The van der Waals surface area contributed by atoms with Crippen LogP contribution in [0.15, 0.2) is 24.5 Å². The van der Waals surface area contributed by atoms with Gasteiger partial charge in [0.2, 0.25) is 0 Å². The highest BCUT2D eigenvalue weighted by molar-refractivity contribution is 5.80. The van der Waals surface area contributed by atoms with Gasteiger partial charge in [-0.25, -0.2) is 9.97 Å². The number of aromatic nitrogens is 2. The zero-order valence-electron chi connectivity index (χ0n) is 15.0. The highest BCUT2D eigenvalue weighted by Gasteiger charge is 2.21. The Labute approximate surface area is 148 Å². The van der Waals surface area contributed by atoms with Crippen molar-refractivity contribution < 1.29 is 9.47 Å². The summed E-state index contributed by atoms with van der Waals surface area (Å²) in [5, 5.41) is 3.25. The lowest BCUT2D eigenvalue weighted by molar-refractivity contribution is 0.395. The molecule has 1 aliphatic rings. The van der Waals surface area contributed by atoms with Gasteiger partial charge in [-0.05, 0) is 30.9 Å². The maximum Gasteiger partial charge on any atom is 0.159 e. The second-order valence-corrected chi connectivity index (χ2v) is 6.32. The lowest BCUT2D eigenvalue weighted by Crippen LogP contribution is -2.34. The van der Waals surface area contributed by atoms with Crippen molar-refractivity contribution >= 4 is 23.0 Å². The fourth-order valence-electron chi connectivity index (χ4n) is 2.99. The summed E-state index contributed by atoms with van der Waals surface area (Å²) < 4.78 is 10.6. The van der Waals surface area contributed by atoms with Gasteiger partial charge in [0.1, 0.15) is 23.5 Å². The van der Waals surface area contributed by atoms with Crippen molar-refractivity contribution in [2.24, 2.45) is 5.92 Å². The standard InChI is InChI=1S/C18H25N5O2/c1-12-6-8-23(9-7-12)18-16(19)17(20-11-21-18)22-14-5-4-13(24-2)10-15(14)25-3/h4-5,10-12H,6-9,19H2,1-3H3,(H,20,21,22). The number of hydrogen-bond acceptors (Lipinski definition) is 7. The largest absolute Gasteiger partial charge is 0.497 e. The highest BCUT2D eigenvalue weighted by atomic mass is 16.5. The van der Waals surface area contributed by atoms with Gasteiger partial charge >= 0.3 is 0 Å². The summed E-state index contributed by atoms with van der Waals surface area (Å²) in [6.07, 6.45) is 3.85. The maximum absolute atomic E-state index is 6.35. The molecule has 3 rings (SSSR count). The van der Waals surface area contributed by atoms with Gasteiger partial charge in [0.05, 0.1) is 19.9 Å². The molecule has 7 nitrogen and oxygen atoms in total. The van der Waals surface area contributed by atoms with E-state index in [4.69, 9.17) is 15.2 Å². The van der Waals surface area contributed by atoms with Crippen LogP contribution in [0.2, 0.25) is 0 Å². The first-order valence-corrected chi connectivity index (χ1v) is 8.46. The molecule has 0 amide bonds. The average molecular weight is 343 g/mol. The van der Waals surface area contributed by atoms with Crippen molar-refractivity contribution in [1.82, 2.24) is 9.97 Å². The number of rotatable bonds is 5. The molecular weight excluding hydrogens is 318 g/mol. The number of ether oxygens (including phenoxy) is 2. The fraction of sp³-hybridized carbons (Fsp3) is 0.444. The summed E-state index contributed by atoms with van der Waals surface area (Å²) >= 11 is 0. The summed E-state index contributed by atoms with van der Waals surface area (Å²) in [5.74, 6) is 3.50. The predicted octanol–water partition coefficient (Wildman–Crippen LogP) is 3.06. The molecule has 3 N–H and O–H groups in total. The van der Waals surface area contributed by atoms with Crippen LogP contribution in [0.3, 0.4) is 0 Å². The molecule has 0 aliphatic carbocycles. The molecule has 0 bridgehead atoms. The molecule has 0 spiro atoms. The van der Waals surface area contributed by atoms with E-state index in [1.165, 1.54) is 0 Å². The lowest BCUT2D eigenvalue weighted by atomic mass is 9.99. The lowest BCUT2D eigenvalue weighted by Gasteiger charge is -2.32. The number of nitrogens with two attached hydrogens (primary N) is 1. The first kappa shape index (κ1) is 17.1. The number of methoxy groups -OCH3 is 2. The van der Waals surface area contributed by atoms with E-state index in [2.05, 4.69) is 27.1 Å². The summed E-state index contributed by atoms with van der Waals surface area (Å²) in [6.45, 7) is 4.21. The summed E-state index contributed by atoms with van der Waals surface area (Å²) in [4.78, 5) is 10.9. The summed E-state index contributed by atoms with van der Waals surface area (Å²) in [7, 11) is 3.24. The van der Waals surface area contributed by atoms with Crippen molar-refractivity contribution in [3.8, 4) is 11.5 Å². The van der Waals surface area contributed by atoms with E-state index in [1.54, 1.807) is 20.5 Å².